The number of amides is 2. The van der Waals surface area contributed by atoms with Gasteiger partial charge in [-0.2, -0.15) is 5.10 Å². The van der Waals surface area contributed by atoms with E-state index in [1.807, 2.05) is 39.4 Å². The van der Waals surface area contributed by atoms with Crippen molar-refractivity contribution >= 4 is 40.5 Å². The zero-order valence-electron chi connectivity index (χ0n) is 19.0. The molecule has 3 aliphatic rings. The van der Waals surface area contributed by atoms with Crippen molar-refractivity contribution in [3.8, 4) is 0 Å². The predicted molar refractivity (Wildman–Crippen MR) is 129 cm³/mol. The molecule has 2 amide bonds. The third kappa shape index (κ3) is 4.15. The normalized spacial score (nSPS) is 20.0. The highest BCUT2D eigenvalue weighted by Gasteiger charge is 2.43. The zero-order valence-corrected chi connectivity index (χ0v) is 19.8. The Balaban J connectivity index is 1.21. The molecule has 2 aromatic heterocycles. The monoisotopic (exact) mass is 467 g/mol. The molecule has 0 bridgehead atoms. The standard InChI is InChI=1S/C23H29N7O2S/c1-16(2)15-29-22(32)21-17(8-14-33-21)30-19(25-26-23(29)30)6-7-20(31)28-12-10-27(11-13-28)18-5-3-4-9-24-18/h3-5,8-9,14,16,23,26H,6-7,10-13,15H2,1-2H3. The maximum atomic E-state index is 13.0. The lowest BCUT2D eigenvalue weighted by atomic mass is 10.1. The van der Waals surface area contributed by atoms with Crippen LogP contribution < -0.4 is 15.2 Å². The summed E-state index contributed by atoms with van der Waals surface area (Å²) in [6, 6.07) is 7.87. The Bertz CT molecular complexity index is 1050. The molecular weight excluding hydrogens is 438 g/mol. The Morgan fingerprint density at radius 3 is 2.76 bits per heavy atom. The van der Waals surface area contributed by atoms with Crippen LogP contribution in [0, 0.1) is 5.92 Å². The summed E-state index contributed by atoms with van der Waals surface area (Å²) in [6.07, 6.45) is 2.40. The van der Waals surface area contributed by atoms with Crippen molar-refractivity contribution in [1.82, 2.24) is 20.2 Å². The van der Waals surface area contributed by atoms with Gasteiger partial charge in [-0.05, 0) is 29.5 Å². The summed E-state index contributed by atoms with van der Waals surface area (Å²) >= 11 is 1.46. The number of fused-ring (bicyclic) bond motifs is 3. The lowest BCUT2D eigenvalue weighted by molar-refractivity contribution is -0.131. The summed E-state index contributed by atoms with van der Waals surface area (Å²) in [5, 5.41) is 6.48. The quantitative estimate of drug-likeness (QED) is 0.702. The van der Waals surface area contributed by atoms with Gasteiger partial charge in [-0.1, -0.05) is 19.9 Å². The van der Waals surface area contributed by atoms with Crippen LogP contribution in [0.25, 0.3) is 0 Å². The Kier molecular flexibility index (Phi) is 5.92. The second kappa shape index (κ2) is 9.01. The molecule has 10 heteroatoms. The van der Waals surface area contributed by atoms with E-state index >= 15 is 0 Å². The smallest absolute Gasteiger partial charge is 0.269 e. The van der Waals surface area contributed by atoms with E-state index in [0.29, 0.717) is 38.4 Å². The van der Waals surface area contributed by atoms with Crippen LogP contribution in [0.2, 0.25) is 0 Å². The molecule has 0 spiro atoms. The number of hydrogen-bond donors (Lipinski definition) is 1. The lowest BCUT2D eigenvalue weighted by Crippen LogP contribution is -2.59. The minimum Gasteiger partial charge on any atom is -0.353 e. The Morgan fingerprint density at radius 1 is 1.21 bits per heavy atom. The van der Waals surface area contributed by atoms with Gasteiger partial charge < -0.3 is 9.80 Å². The number of nitrogens with one attached hydrogen (secondary N) is 1. The molecule has 174 valence electrons. The third-order valence-corrected chi connectivity index (χ3v) is 7.11. The van der Waals surface area contributed by atoms with Crippen LogP contribution in [0.3, 0.4) is 0 Å². The first-order chi connectivity index (χ1) is 16.0. The van der Waals surface area contributed by atoms with Crippen molar-refractivity contribution in [2.45, 2.75) is 33.0 Å². The van der Waals surface area contributed by atoms with Gasteiger partial charge in [0, 0.05) is 51.8 Å². The number of aromatic nitrogens is 1. The number of nitrogens with zero attached hydrogens (tertiary/aromatic N) is 6. The molecule has 0 saturated carbocycles. The number of amidine groups is 1. The maximum absolute atomic E-state index is 13.0. The van der Waals surface area contributed by atoms with Gasteiger partial charge in [0.1, 0.15) is 16.5 Å². The summed E-state index contributed by atoms with van der Waals surface area (Å²) in [5.41, 5.74) is 4.02. The third-order valence-electron chi connectivity index (χ3n) is 6.22. The minimum absolute atomic E-state index is 0.0424. The number of carbonyl (C=O) groups excluding carboxylic acids is 2. The molecule has 33 heavy (non-hydrogen) atoms. The van der Waals surface area contributed by atoms with Gasteiger partial charge in [0.2, 0.25) is 12.2 Å². The van der Waals surface area contributed by atoms with Crippen molar-refractivity contribution < 1.29 is 9.59 Å². The lowest BCUT2D eigenvalue weighted by Gasteiger charge is -2.40. The second-order valence-electron chi connectivity index (χ2n) is 8.94. The predicted octanol–water partition coefficient (Wildman–Crippen LogP) is 2.39. The fourth-order valence-electron chi connectivity index (χ4n) is 4.61. The first kappa shape index (κ1) is 21.7. The molecule has 3 aliphatic heterocycles. The molecular formula is C23H29N7O2S. The number of rotatable bonds is 6. The number of piperazine rings is 1. The summed E-state index contributed by atoms with van der Waals surface area (Å²) < 4.78 is 0. The van der Waals surface area contributed by atoms with Gasteiger partial charge in [-0.15, -0.1) is 11.3 Å². The SMILES string of the molecule is CC(C)CN1C(=O)c2sccc2N2C(CCC(=O)N3CCN(c4ccccn4)CC3)=NNC12. The van der Waals surface area contributed by atoms with Crippen LogP contribution in [0.4, 0.5) is 11.5 Å². The van der Waals surface area contributed by atoms with Crippen LogP contribution in [0.5, 0.6) is 0 Å². The molecule has 0 radical (unpaired) electrons. The van der Waals surface area contributed by atoms with E-state index < -0.39 is 0 Å². The van der Waals surface area contributed by atoms with Crippen LogP contribution >= 0.6 is 11.3 Å². The molecule has 1 saturated heterocycles. The highest BCUT2D eigenvalue weighted by atomic mass is 32.1. The van der Waals surface area contributed by atoms with Crippen LogP contribution in [-0.4, -0.2) is 71.4 Å². The van der Waals surface area contributed by atoms with Gasteiger partial charge in [0.15, 0.2) is 0 Å². The molecule has 9 nitrogen and oxygen atoms in total. The van der Waals surface area contributed by atoms with E-state index in [2.05, 4.69) is 39.2 Å². The van der Waals surface area contributed by atoms with Gasteiger partial charge >= 0.3 is 0 Å². The molecule has 1 unspecified atom stereocenters. The van der Waals surface area contributed by atoms with E-state index in [4.69, 9.17) is 0 Å². The largest absolute Gasteiger partial charge is 0.353 e. The highest BCUT2D eigenvalue weighted by Crippen LogP contribution is 2.37. The summed E-state index contributed by atoms with van der Waals surface area (Å²) in [7, 11) is 0. The fraction of sp³-hybridized carbons (Fsp3) is 0.478. The zero-order chi connectivity index (χ0) is 22.9. The van der Waals surface area contributed by atoms with Crippen molar-refractivity contribution in [2.24, 2.45) is 11.0 Å². The van der Waals surface area contributed by atoms with E-state index in [0.717, 1.165) is 35.3 Å². The van der Waals surface area contributed by atoms with Crippen molar-refractivity contribution in [1.29, 1.82) is 0 Å². The maximum Gasteiger partial charge on any atom is 0.269 e. The Labute approximate surface area is 197 Å². The average molecular weight is 468 g/mol. The number of thiophene rings is 1. The molecule has 5 heterocycles. The van der Waals surface area contributed by atoms with Gasteiger partial charge in [0.05, 0.1) is 5.69 Å². The number of hydrazone groups is 1. The Morgan fingerprint density at radius 2 is 2.03 bits per heavy atom. The van der Waals surface area contributed by atoms with Gasteiger partial charge in [-0.25, -0.2) is 4.98 Å². The van der Waals surface area contributed by atoms with E-state index in [1.165, 1.54) is 11.3 Å². The molecule has 2 aromatic rings. The van der Waals surface area contributed by atoms with Crippen molar-refractivity contribution in [3.05, 3.63) is 40.7 Å². The van der Waals surface area contributed by atoms with Gasteiger partial charge in [-0.3, -0.25) is 24.8 Å². The van der Waals surface area contributed by atoms with Crippen LogP contribution in [-0.2, 0) is 4.79 Å². The summed E-state index contributed by atoms with van der Waals surface area (Å²) in [4.78, 5) is 39.2. The summed E-state index contributed by atoms with van der Waals surface area (Å²) in [5.74, 6) is 2.29. The molecule has 0 aromatic carbocycles. The number of anilines is 2. The molecule has 0 aliphatic carbocycles. The van der Waals surface area contributed by atoms with E-state index in [1.54, 1.807) is 6.20 Å². The highest BCUT2D eigenvalue weighted by molar-refractivity contribution is 7.12. The first-order valence-electron chi connectivity index (χ1n) is 11.5. The van der Waals surface area contributed by atoms with Crippen molar-refractivity contribution in [3.63, 3.8) is 0 Å². The number of carbonyl (C=O) groups is 2. The van der Waals surface area contributed by atoms with Crippen LogP contribution in [0.15, 0.2) is 40.9 Å². The Hall–Kier alpha value is -3.14. The fourth-order valence-corrected chi connectivity index (χ4v) is 5.45. The van der Waals surface area contributed by atoms with E-state index in [-0.39, 0.29) is 18.1 Å². The topological polar surface area (TPSA) is 84.4 Å². The average Bonchev–Trinajstić information content (AvgIpc) is 3.48. The summed E-state index contributed by atoms with van der Waals surface area (Å²) in [6.45, 7) is 7.80. The molecule has 1 atom stereocenters. The second-order valence-corrected chi connectivity index (χ2v) is 9.86. The number of pyridine rings is 1. The van der Waals surface area contributed by atoms with Gasteiger partial charge in [0.25, 0.3) is 5.91 Å². The molecule has 5 rings (SSSR count). The van der Waals surface area contributed by atoms with E-state index in [9.17, 15) is 9.59 Å². The molecule has 1 fully saturated rings. The number of hydrogen-bond acceptors (Lipinski definition) is 8. The van der Waals surface area contributed by atoms with Crippen molar-refractivity contribution in [2.75, 3.05) is 42.5 Å². The van der Waals surface area contributed by atoms with Crippen LogP contribution in [0.1, 0.15) is 36.4 Å². The molecule has 1 N–H and O–H groups in total. The first-order valence-corrected chi connectivity index (χ1v) is 12.3. The minimum atomic E-state index is -0.325.